The predicted molar refractivity (Wildman–Crippen MR) is 74.7 cm³/mol. The number of nitrogens with one attached hydrogen (secondary N) is 1. The molecule has 3 rings (SSSR count). The smallest absolute Gasteiger partial charge is 0.410 e. The molecule has 1 spiro atoms. The summed E-state index contributed by atoms with van der Waals surface area (Å²) in [6.07, 6.45) is -0.495. The summed E-state index contributed by atoms with van der Waals surface area (Å²) < 4.78 is 5.16. The predicted octanol–water partition coefficient (Wildman–Crippen LogP) is 2.05. The van der Waals surface area contributed by atoms with Crippen LogP contribution in [0.25, 0.3) is 0 Å². The Kier molecular flexibility index (Phi) is 2.74. The van der Waals surface area contributed by atoms with Gasteiger partial charge in [-0.15, -0.1) is 0 Å². The molecule has 1 fully saturated rings. The van der Waals surface area contributed by atoms with Gasteiger partial charge >= 0.3 is 6.09 Å². The molecule has 5 heteroatoms. The second kappa shape index (κ2) is 4.23. The number of amides is 2. The molecule has 2 heterocycles. The van der Waals surface area contributed by atoms with Crippen molar-refractivity contribution >= 4 is 17.7 Å². The monoisotopic (exact) mass is 274 g/mol. The number of aryl methyl sites for hydroxylation is 1. The summed E-state index contributed by atoms with van der Waals surface area (Å²) in [4.78, 5) is 25.7. The van der Waals surface area contributed by atoms with E-state index in [0.29, 0.717) is 13.1 Å². The zero-order valence-corrected chi connectivity index (χ0v) is 11.9. The Balaban J connectivity index is 1.82. The summed E-state index contributed by atoms with van der Waals surface area (Å²) in [6, 6.07) is 5.92. The number of rotatable bonds is 1. The van der Waals surface area contributed by atoms with Gasteiger partial charge in [0.05, 0.1) is 6.10 Å². The zero-order valence-electron chi connectivity index (χ0n) is 11.9. The van der Waals surface area contributed by atoms with Gasteiger partial charge in [-0.05, 0) is 32.4 Å². The van der Waals surface area contributed by atoms with E-state index in [9.17, 15) is 9.59 Å². The van der Waals surface area contributed by atoms with Gasteiger partial charge in [-0.25, -0.2) is 4.79 Å². The molecule has 0 unspecified atom stereocenters. The number of carbonyl (C=O) groups excluding carboxylic acids is 2. The molecule has 1 aromatic rings. The Bertz CT molecular complexity index is 589. The van der Waals surface area contributed by atoms with Crippen molar-refractivity contribution in [2.24, 2.45) is 0 Å². The van der Waals surface area contributed by atoms with Gasteiger partial charge in [0.25, 0.3) is 0 Å². The highest BCUT2D eigenvalue weighted by molar-refractivity contribution is 6.08. The van der Waals surface area contributed by atoms with Gasteiger partial charge in [0.15, 0.2) is 0 Å². The number of carbonyl (C=O) groups is 2. The lowest BCUT2D eigenvalue weighted by molar-refractivity contribution is -0.126. The number of anilines is 1. The van der Waals surface area contributed by atoms with Crippen LogP contribution in [0.1, 0.15) is 25.0 Å². The van der Waals surface area contributed by atoms with E-state index in [1.807, 2.05) is 39.0 Å². The molecule has 2 amide bonds. The van der Waals surface area contributed by atoms with Crippen molar-refractivity contribution in [3.63, 3.8) is 0 Å². The molecule has 2 aliphatic rings. The largest absolute Gasteiger partial charge is 0.447 e. The van der Waals surface area contributed by atoms with Crippen LogP contribution in [0.2, 0.25) is 0 Å². The lowest BCUT2D eigenvalue weighted by Gasteiger charge is -2.45. The van der Waals surface area contributed by atoms with Gasteiger partial charge in [-0.1, -0.05) is 17.7 Å². The molecule has 0 saturated carbocycles. The van der Waals surface area contributed by atoms with Crippen molar-refractivity contribution < 1.29 is 14.3 Å². The number of hydrogen-bond acceptors (Lipinski definition) is 3. The maximum absolute atomic E-state index is 12.2. The van der Waals surface area contributed by atoms with Crippen molar-refractivity contribution in [1.82, 2.24) is 4.90 Å². The van der Waals surface area contributed by atoms with Gasteiger partial charge in [0.2, 0.25) is 5.91 Å². The van der Waals surface area contributed by atoms with Crippen LogP contribution in [0, 0.1) is 6.92 Å². The molecule has 2 aliphatic heterocycles. The quantitative estimate of drug-likeness (QED) is 0.852. The molecule has 0 radical (unpaired) electrons. The third-order valence-electron chi connectivity index (χ3n) is 3.89. The lowest BCUT2D eigenvalue weighted by Crippen LogP contribution is -2.64. The van der Waals surface area contributed by atoms with Crippen molar-refractivity contribution in [3.05, 3.63) is 29.3 Å². The van der Waals surface area contributed by atoms with Crippen LogP contribution in [0.5, 0.6) is 0 Å². The summed E-state index contributed by atoms with van der Waals surface area (Å²) in [5.74, 6) is -0.0216. The van der Waals surface area contributed by atoms with Gasteiger partial charge in [0, 0.05) is 18.8 Å². The maximum Gasteiger partial charge on any atom is 0.410 e. The number of hydrogen-bond donors (Lipinski definition) is 1. The van der Waals surface area contributed by atoms with E-state index in [-0.39, 0.29) is 18.1 Å². The average Bonchev–Trinajstić information content (AvgIpc) is 2.57. The summed E-state index contributed by atoms with van der Waals surface area (Å²) >= 11 is 0. The second-order valence-corrected chi connectivity index (χ2v) is 5.87. The highest BCUT2D eigenvalue weighted by Gasteiger charge is 2.57. The molecule has 0 aromatic heterocycles. The van der Waals surface area contributed by atoms with Gasteiger partial charge < -0.3 is 15.0 Å². The second-order valence-electron chi connectivity index (χ2n) is 5.87. The van der Waals surface area contributed by atoms with Crippen LogP contribution in [-0.2, 0) is 14.9 Å². The SMILES string of the molecule is Cc1ccc2c(c1)C1(CN(C(=O)OC(C)C)C1)C(=O)N2. The van der Waals surface area contributed by atoms with Gasteiger partial charge in [-0.2, -0.15) is 0 Å². The third kappa shape index (κ3) is 1.77. The summed E-state index contributed by atoms with van der Waals surface area (Å²) in [5, 5.41) is 2.90. The normalized spacial score (nSPS) is 18.8. The first-order valence-corrected chi connectivity index (χ1v) is 6.80. The Morgan fingerprint density at radius 1 is 1.40 bits per heavy atom. The fourth-order valence-corrected chi connectivity index (χ4v) is 2.85. The number of nitrogens with zero attached hydrogens (tertiary/aromatic N) is 1. The Labute approximate surface area is 117 Å². The standard InChI is InChI=1S/C15H18N2O3/c1-9(2)20-14(19)17-7-15(8-17)11-6-10(3)4-5-12(11)16-13(15)18/h4-6,9H,7-8H2,1-3H3,(H,16,18). The molecule has 1 saturated heterocycles. The number of benzene rings is 1. The number of likely N-dealkylation sites (tertiary alicyclic amines) is 1. The fraction of sp³-hybridized carbons (Fsp3) is 0.467. The van der Waals surface area contributed by atoms with Crippen molar-refractivity contribution in [1.29, 1.82) is 0 Å². The fourth-order valence-electron chi connectivity index (χ4n) is 2.85. The first kappa shape index (κ1) is 13.0. The molecule has 106 valence electrons. The van der Waals surface area contributed by atoms with Crippen molar-refractivity contribution in [2.45, 2.75) is 32.3 Å². The molecule has 1 N–H and O–H groups in total. The van der Waals surface area contributed by atoms with E-state index in [0.717, 1.165) is 16.8 Å². The Morgan fingerprint density at radius 3 is 2.75 bits per heavy atom. The van der Waals surface area contributed by atoms with Crippen LogP contribution < -0.4 is 5.32 Å². The van der Waals surface area contributed by atoms with E-state index in [1.54, 1.807) is 4.90 Å². The molecule has 20 heavy (non-hydrogen) atoms. The van der Waals surface area contributed by atoms with Crippen LogP contribution in [-0.4, -0.2) is 36.1 Å². The number of ether oxygens (including phenoxy) is 1. The minimum atomic E-state index is -0.586. The van der Waals surface area contributed by atoms with E-state index in [4.69, 9.17) is 4.74 Å². The summed E-state index contributed by atoms with van der Waals surface area (Å²) in [5.41, 5.74) is 2.38. The van der Waals surface area contributed by atoms with Crippen molar-refractivity contribution in [2.75, 3.05) is 18.4 Å². The number of fused-ring (bicyclic) bond motifs is 2. The third-order valence-corrected chi connectivity index (χ3v) is 3.89. The van der Waals surface area contributed by atoms with E-state index in [1.165, 1.54) is 0 Å². The molecular formula is C15H18N2O3. The summed E-state index contributed by atoms with van der Waals surface area (Å²) in [6.45, 7) is 6.41. The molecule has 0 aliphatic carbocycles. The van der Waals surface area contributed by atoms with Crippen LogP contribution >= 0.6 is 0 Å². The first-order chi connectivity index (χ1) is 9.42. The lowest BCUT2D eigenvalue weighted by atomic mass is 9.74. The van der Waals surface area contributed by atoms with E-state index < -0.39 is 5.41 Å². The highest BCUT2D eigenvalue weighted by atomic mass is 16.6. The van der Waals surface area contributed by atoms with Gasteiger partial charge in [-0.3, -0.25) is 4.79 Å². The van der Waals surface area contributed by atoms with Crippen LogP contribution in [0.3, 0.4) is 0 Å². The minimum Gasteiger partial charge on any atom is -0.447 e. The molecule has 5 nitrogen and oxygen atoms in total. The molecular weight excluding hydrogens is 256 g/mol. The van der Waals surface area contributed by atoms with Crippen LogP contribution in [0.4, 0.5) is 10.5 Å². The average molecular weight is 274 g/mol. The summed E-state index contributed by atoms with van der Waals surface area (Å²) in [7, 11) is 0. The molecule has 0 atom stereocenters. The van der Waals surface area contributed by atoms with E-state index in [2.05, 4.69) is 5.32 Å². The van der Waals surface area contributed by atoms with Crippen LogP contribution in [0.15, 0.2) is 18.2 Å². The Morgan fingerprint density at radius 2 is 2.10 bits per heavy atom. The molecule has 1 aromatic carbocycles. The maximum atomic E-state index is 12.2. The first-order valence-electron chi connectivity index (χ1n) is 6.80. The highest BCUT2D eigenvalue weighted by Crippen LogP contribution is 2.44. The van der Waals surface area contributed by atoms with Crippen molar-refractivity contribution in [3.8, 4) is 0 Å². The topological polar surface area (TPSA) is 58.6 Å². The minimum absolute atomic E-state index is 0.0216. The Hall–Kier alpha value is -2.04. The zero-order chi connectivity index (χ0) is 14.5. The van der Waals surface area contributed by atoms with E-state index >= 15 is 0 Å². The van der Waals surface area contributed by atoms with Gasteiger partial charge in [0.1, 0.15) is 5.41 Å². The molecule has 0 bridgehead atoms.